The van der Waals surface area contributed by atoms with Crippen molar-refractivity contribution < 1.29 is 24.0 Å². The van der Waals surface area contributed by atoms with Crippen molar-refractivity contribution in [2.75, 3.05) is 13.2 Å². The quantitative estimate of drug-likeness (QED) is 0.162. The Balaban J connectivity index is 2.23. The summed E-state index contributed by atoms with van der Waals surface area (Å²) >= 11 is 0. The van der Waals surface area contributed by atoms with Crippen LogP contribution in [0.4, 0.5) is 5.69 Å². The topological polar surface area (TPSA) is 134 Å². The minimum Gasteiger partial charge on any atom is -0.463 e. The minimum absolute atomic E-state index is 0.000348. The Hall–Kier alpha value is -3.36. The van der Waals surface area contributed by atoms with Crippen molar-refractivity contribution in [2.45, 2.75) is 78.1 Å². The summed E-state index contributed by atoms with van der Waals surface area (Å²) in [5, 5.41) is 14.6. The lowest BCUT2D eigenvalue weighted by Crippen LogP contribution is -2.36. The van der Waals surface area contributed by atoms with E-state index in [1.165, 1.54) is 43.9 Å². The molecule has 35 heavy (non-hydrogen) atoms. The average Bonchev–Trinajstić information content (AvgIpc) is 2.82. The van der Waals surface area contributed by atoms with E-state index in [1.54, 1.807) is 19.9 Å². The maximum absolute atomic E-state index is 13.2. The number of benzene rings is 1. The number of carbonyl (C=O) groups excluding carboxylic acids is 2. The Labute approximate surface area is 206 Å². The van der Waals surface area contributed by atoms with Crippen LogP contribution < -0.4 is 11.1 Å². The standard InChI is InChI=1S/C26H37N3O6/c1-4-6-7-8-9-10-11-14-17-35-26(31)23-22(19-15-12-13-16-20(19)29(32)33)21(25(30)34-5-2)18(3)28-24(23)27/h12-13,15-16,22,28H,4-11,14,17,27H2,1-3H3. The second kappa shape index (κ2) is 14.1. The van der Waals surface area contributed by atoms with Gasteiger partial charge < -0.3 is 20.5 Å². The maximum Gasteiger partial charge on any atom is 0.338 e. The summed E-state index contributed by atoms with van der Waals surface area (Å²) in [5.41, 5.74) is 6.55. The summed E-state index contributed by atoms with van der Waals surface area (Å²) in [6, 6.07) is 5.98. The van der Waals surface area contributed by atoms with E-state index in [9.17, 15) is 19.7 Å². The fourth-order valence-electron chi connectivity index (χ4n) is 4.25. The third-order valence-electron chi connectivity index (χ3n) is 5.98. The largest absolute Gasteiger partial charge is 0.463 e. The molecule has 1 atom stereocenters. The molecule has 192 valence electrons. The fraction of sp³-hybridized carbons (Fsp3) is 0.538. The molecular formula is C26H37N3O6. The first-order valence-corrected chi connectivity index (χ1v) is 12.4. The van der Waals surface area contributed by atoms with E-state index in [-0.39, 0.29) is 41.4 Å². The molecule has 0 fully saturated rings. The molecule has 0 aliphatic carbocycles. The Kier molecular flexibility index (Phi) is 11.3. The normalized spacial score (nSPS) is 15.6. The van der Waals surface area contributed by atoms with Crippen molar-refractivity contribution in [1.29, 1.82) is 0 Å². The van der Waals surface area contributed by atoms with Crippen molar-refractivity contribution >= 4 is 17.6 Å². The number of nitro benzene ring substituents is 1. The van der Waals surface area contributed by atoms with E-state index in [4.69, 9.17) is 15.2 Å². The van der Waals surface area contributed by atoms with Crippen LogP contribution in [0.3, 0.4) is 0 Å². The number of carbonyl (C=O) groups is 2. The van der Waals surface area contributed by atoms with E-state index >= 15 is 0 Å². The summed E-state index contributed by atoms with van der Waals surface area (Å²) in [5.74, 6) is -2.49. The van der Waals surface area contributed by atoms with Crippen molar-refractivity contribution in [3.63, 3.8) is 0 Å². The highest BCUT2D eigenvalue weighted by atomic mass is 16.6. The van der Waals surface area contributed by atoms with Crippen molar-refractivity contribution in [3.8, 4) is 0 Å². The van der Waals surface area contributed by atoms with E-state index in [0.29, 0.717) is 12.1 Å². The maximum atomic E-state index is 13.2. The first kappa shape index (κ1) is 27.9. The number of unbranched alkanes of at least 4 members (excludes halogenated alkanes) is 7. The van der Waals surface area contributed by atoms with Crippen LogP contribution in [-0.2, 0) is 19.1 Å². The molecular weight excluding hydrogens is 450 g/mol. The third-order valence-corrected chi connectivity index (χ3v) is 5.98. The molecule has 9 nitrogen and oxygen atoms in total. The van der Waals surface area contributed by atoms with E-state index in [1.807, 2.05) is 0 Å². The van der Waals surface area contributed by atoms with Crippen LogP contribution in [-0.4, -0.2) is 30.1 Å². The van der Waals surface area contributed by atoms with Gasteiger partial charge in [0.1, 0.15) is 5.82 Å². The molecule has 1 unspecified atom stereocenters. The van der Waals surface area contributed by atoms with Gasteiger partial charge in [-0.2, -0.15) is 0 Å². The molecule has 0 saturated carbocycles. The lowest BCUT2D eigenvalue weighted by molar-refractivity contribution is -0.385. The Bertz CT molecular complexity index is 970. The van der Waals surface area contributed by atoms with Crippen LogP contribution in [0.15, 0.2) is 46.9 Å². The molecule has 1 aromatic carbocycles. The van der Waals surface area contributed by atoms with Gasteiger partial charge >= 0.3 is 11.9 Å². The Morgan fingerprint density at radius 3 is 2.20 bits per heavy atom. The number of nitrogens with two attached hydrogens (primary N) is 1. The van der Waals surface area contributed by atoms with Crippen molar-refractivity contribution in [3.05, 3.63) is 62.6 Å². The van der Waals surface area contributed by atoms with Gasteiger partial charge in [0.2, 0.25) is 0 Å². The number of nitrogens with one attached hydrogen (secondary N) is 1. The molecule has 1 aliphatic heterocycles. The molecule has 3 N–H and O–H groups in total. The van der Waals surface area contributed by atoms with Crippen LogP contribution in [0.1, 0.15) is 83.6 Å². The molecule has 0 saturated heterocycles. The van der Waals surface area contributed by atoms with E-state index < -0.39 is 22.8 Å². The molecule has 0 bridgehead atoms. The summed E-state index contributed by atoms with van der Waals surface area (Å²) < 4.78 is 10.7. The molecule has 0 amide bonds. The number of para-hydroxylation sites is 1. The molecule has 0 spiro atoms. The monoisotopic (exact) mass is 487 g/mol. The molecule has 1 aliphatic rings. The van der Waals surface area contributed by atoms with Crippen LogP contribution in [0.5, 0.6) is 0 Å². The van der Waals surface area contributed by atoms with Crippen LogP contribution in [0.25, 0.3) is 0 Å². The molecule has 9 heteroatoms. The SMILES string of the molecule is CCCCCCCCCCOC(=O)C1=C(N)NC(C)=C(C(=O)OCC)C1c1ccccc1[N+](=O)[O-]. The second-order valence-corrected chi connectivity index (χ2v) is 8.57. The number of ether oxygens (including phenoxy) is 2. The van der Waals surface area contributed by atoms with Crippen molar-refractivity contribution in [1.82, 2.24) is 5.32 Å². The van der Waals surface area contributed by atoms with Gasteiger partial charge in [0.05, 0.1) is 35.2 Å². The van der Waals surface area contributed by atoms with Gasteiger partial charge in [-0.1, -0.05) is 70.1 Å². The van der Waals surface area contributed by atoms with Crippen LogP contribution in [0.2, 0.25) is 0 Å². The molecule has 1 heterocycles. The zero-order chi connectivity index (χ0) is 25.8. The van der Waals surface area contributed by atoms with E-state index in [2.05, 4.69) is 12.2 Å². The predicted octanol–water partition coefficient (Wildman–Crippen LogP) is 4.97. The van der Waals surface area contributed by atoms with Gasteiger partial charge in [0.15, 0.2) is 0 Å². The van der Waals surface area contributed by atoms with Gasteiger partial charge in [0, 0.05) is 17.3 Å². The van der Waals surface area contributed by atoms with Gasteiger partial charge in [-0.05, 0) is 20.3 Å². The van der Waals surface area contributed by atoms with Gasteiger partial charge in [-0.25, -0.2) is 9.59 Å². The molecule has 1 aromatic rings. The first-order valence-electron chi connectivity index (χ1n) is 12.4. The Morgan fingerprint density at radius 1 is 0.971 bits per heavy atom. The summed E-state index contributed by atoms with van der Waals surface area (Å²) in [6.07, 6.45) is 8.79. The third kappa shape index (κ3) is 7.56. The fourth-order valence-corrected chi connectivity index (χ4v) is 4.25. The molecule has 0 radical (unpaired) electrons. The lowest BCUT2D eigenvalue weighted by atomic mass is 9.80. The highest BCUT2D eigenvalue weighted by Gasteiger charge is 2.41. The smallest absolute Gasteiger partial charge is 0.338 e. The zero-order valence-corrected chi connectivity index (χ0v) is 20.9. The molecule has 0 aromatic heterocycles. The second-order valence-electron chi connectivity index (χ2n) is 8.57. The van der Waals surface area contributed by atoms with E-state index in [0.717, 1.165) is 19.3 Å². The van der Waals surface area contributed by atoms with Gasteiger partial charge in [-0.3, -0.25) is 10.1 Å². The molecule has 2 rings (SSSR count). The highest BCUT2D eigenvalue weighted by Crippen LogP contribution is 2.41. The number of esters is 2. The summed E-state index contributed by atoms with van der Waals surface area (Å²) in [4.78, 5) is 37.2. The minimum atomic E-state index is -1.09. The zero-order valence-electron chi connectivity index (χ0n) is 20.9. The summed E-state index contributed by atoms with van der Waals surface area (Å²) in [6.45, 7) is 5.77. The average molecular weight is 488 g/mol. The van der Waals surface area contributed by atoms with Crippen LogP contribution >= 0.6 is 0 Å². The number of rotatable bonds is 14. The number of allylic oxidation sites excluding steroid dienone is 1. The van der Waals surface area contributed by atoms with Gasteiger partial charge in [-0.15, -0.1) is 0 Å². The summed E-state index contributed by atoms with van der Waals surface area (Å²) in [7, 11) is 0. The number of hydrogen-bond acceptors (Lipinski definition) is 8. The Morgan fingerprint density at radius 2 is 1.57 bits per heavy atom. The van der Waals surface area contributed by atoms with Crippen LogP contribution in [0, 0.1) is 10.1 Å². The number of hydrogen-bond donors (Lipinski definition) is 2. The van der Waals surface area contributed by atoms with Gasteiger partial charge in [0.25, 0.3) is 5.69 Å². The lowest BCUT2D eigenvalue weighted by Gasteiger charge is -2.29. The van der Waals surface area contributed by atoms with Crippen molar-refractivity contribution in [2.24, 2.45) is 5.73 Å². The number of nitrogens with zero attached hydrogens (tertiary/aromatic N) is 1. The first-order chi connectivity index (χ1) is 16.8. The predicted molar refractivity (Wildman–Crippen MR) is 133 cm³/mol. The number of nitro groups is 1. The number of dihydropyridines is 1. The highest BCUT2D eigenvalue weighted by molar-refractivity contribution is 6.00.